The lowest BCUT2D eigenvalue weighted by Crippen LogP contribution is -2.57. The molecule has 8 nitrogen and oxygen atoms in total. The van der Waals surface area contributed by atoms with Crippen LogP contribution in [0.15, 0.2) is 0 Å². The van der Waals surface area contributed by atoms with Crippen LogP contribution in [0.2, 0.25) is 0 Å². The summed E-state index contributed by atoms with van der Waals surface area (Å²) in [6.07, 6.45) is -1.55. The minimum absolute atomic E-state index is 0.0270. The van der Waals surface area contributed by atoms with Crippen molar-refractivity contribution in [3.05, 3.63) is 0 Å². The van der Waals surface area contributed by atoms with E-state index in [4.69, 9.17) is 10.5 Å². The van der Waals surface area contributed by atoms with E-state index in [1.54, 1.807) is 20.8 Å². The van der Waals surface area contributed by atoms with Gasteiger partial charge in [0.05, 0.1) is 17.8 Å². The molecule has 6 N–H and O–H groups in total. The van der Waals surface area contributed by atoms with Crippen LogP contribution in [0.4, 0.5) is 0 Å². The van der Waals surface area contributed by atoms with Gasteiger partial charge in [0.1, 0.15) is 6.04 Å². The smallest absolute Gasteiger partial charge is 0.252 e. The number of aliphatic hydroxyl groups excluding tert-OH is 1. The zero-order valence-corrected chi connectivity index (χ0v) is 15.7. The van der Waals surface area contributed by atoms with Crippen LogP contribution >= 0.6 is 0 Å². The largest absolute Gasteiger partial charge is 0.387 e. The first kappa shape index (κ1) is 22.8. The van der Waals surface area contributed by atoms with Crippen LogP contribution in [0.3, 0.4) is 0 Å². The Kier molecular flexibility index (Phi) is 8.31. The van der Waals surface area contributed by atoms with Crippen molar-refractivity contribution in [1.29, 1.82) is 0 Å². The standard InChI is InChI=1S/C16H33N3O5/c1-9(2)18-13(21)11(17)16(6,7)24-8-10(3)19-14(22)12(20)15(4,5)23/h9-12,20,23H,8,17H2,1-7H3,(H,18,21)(H,19,22). The van der Waals surface area contributed by atoms with Crippen molar-refractivity contribution in [3.63, 3.8) is 0 Å². The van der Waals surface area contributed by atoms with E-state index in [0.717, 1.165) is 0 Å². The molecule has 0 aliphatic heterocycles. The zero-order valence-electron chi connectivity index (χ0n) is 15.7. The molecule has 3 atom stereocenters. The molecule has 142 valence electrons. The SMILES string of the molecule is CC(C)NC(=O)C(N)C(C)(C)OCC(C)NC(=O)C(O)C(C)(C)O. The normalized spacial score (nSPS) is 16.5. The fourth-order valence-corrected chi connectivity index (χ4v) is 1.80. The molecule has 8 heteroatoms. The summed E-state index contributed by atoms with van der Waals surface area (Å²) in [4.78, 5) is 23.8. The average Bonchev–Trinajstić information content (AvgIpc) is 2.41. The number of carbonyl (C=O) groups is 2. The fraction of sp³-hybridized carbons (Fsp3) is 0.875. The molecule has 0 saturated carbocycles. The molecule has 0 spiro atoms. The van der Waals surface area contributed by atoms with E-state index in [9.17, 15) is 19.8 Å². The molecule has 24 heavy (non-hydrogen) atoms. The molecule has 0 aliphatic carbocycles. The number of nitrogens with one attached hydrogen (secondary N) is 2. The fourth-order valence-electron chi connectivity index (χ4n) is 1.80. The van der Waals surface area contributed by atoms with Gasteiger partial charge in [-0.2, -0.15) is 0 Å². The highest BCUT2D eigenvalue weighted by atomic mass is 16.5. The highest BCUT2D eigenvalue weighted by molar-refractivity contribution is 5.83. The van der Waals surface area contributed by atoms with E-state index in [1.165, 1.54) is 13.8 Å². The summed E-state index contributed by atoms with van der Waals surface area (Å²) in [7, 11) is 0. The van der Waals surface area contributed by atoms with Gasteiger partial charge >= 0.3 is 0 Å². The Hall–Kier alpha value is -1.22. The molecule has 0 aromatic rings. The molecule has 0 radical (unpaired) electrons. The topological polar surface area (TPSA) is 134 Å². The first-order valence-corrected chi connectivity index (χ1v) is 8.09. The lowest BCUT2D eigenvalue weighted by Gasteiger charge is -2.33. The summed E-state index contributed by atoms with van der Waals surface area (Å²) in [6.45, 7) is 11.5. The zero-order chi connectivity index (χ0) is 19.3. The van der Waals surface area contributed by atoms with Gasteiger partial charge in [-0.3, -0.25) is 9.59 Å². The minimum Gasteiger partial charge on any atom is -0.387 e. The van der Waals surface area contributed by atoms with Crippen LogP contribution in [0.1, 0.15) is 48.5 Å². The molecule has 2 amide bonds. The second-order valence-electron chi connectivity index (χ2n) is 7.52. The van der Waals surface area contributed by atoms with Gasteiger partial charge in [0.2, 0.25) is 5.91 Å². The van der Waals surface area contributed by atoms with E-state index in [1.807, 2.05) is 13.8 Å². The maximum atomic E-state index is 12.0. The number of carbonyl (C=O) groups excluding carboxylic acids is 2. The van der Waals surface area contributed by atoms with Gasteiger partial charge in [-0.05, 0) is 48.5 Å². The number of amides is 2. The number of hydrogen-bond donors (Lipinski definition) is 5. The first-order valence-electron chi connectivity index (χ1n) is 8.09. The van der Waals surface area contributed by atoms with Crippen LogP contribution in [-0.2, 0) is 14.3 Å². The van der Waals surface area contributed by atoms with Crippen molar-refractivity contribution in [1.82, 2.24) is 10.6 Å². The van der Waals surface area contributed by atoms with Gasteiger partial charge in [-0.25, -0.2) is 0 Å². The molecular formula is C16H33N3O5. The third-order valence-corrected chi connectivity index (χ3v) is 3.47. The quantitative estimate of drug-likeness (QED) is 0.373. The molecule has 0 rings (SSSR count). The summed E-state index contributed by atoms with van der Waals surface area (Å²) < 4.78 is 5.68. The lowest BCUT2D eigenvalue weighted by atomic mass is 9.98. The summed E-state index contributed by atoms with van der Waals surface area (Å²) in [6, 6.07) is -1.33. The molecular weight excluding hydrogens is 314 g/mol. The van der Waals surface area contributed by atoms with Crippen molar-refractivity contribution in [2.24, 2.45) is 5.73 Å². The van der Waals surface area contributed by atoms with Crippen molar-refractivity contribution in [2.45, 2.75) is 83.9 Å². The molecule has 0 saturated heterocycles. The lowest BCUT2D eigenvalue weighted by molar-refractivity contribution is -0.144. The Labute approximate surface area is 144 Å². The Bertz CT molecular complexity index is 432. The Balaban J connectivity index is 4.55. The highest BCUT2D eigenvalue weighted by Gasteiger charge is 2.35. The predicted molar refractivity (Wildman–Crippen MR) is 91.2 cm³/mol. The third kappa shape index (κ3) is 7.57. The van der Waals surface area contributed by atoms with Crippen molar-refractivity contribution >= 4 is 11.8 Å². The Morgan fingerprint density at radius 3 is 2.00 bits per heavy atom. The van der Waals surface area contributed by atoms with Crippen molar-refractivity contribution < 1.29 is 24.5 Å². The van der Waals surface area contributed by atoms with Crippen LogP contribution in [0.5, 0.6) is 0 Å². The first-order chi connectivity index (χ1) is 10.7. The van der Waals surface area contributed by atoms with Gasteiger partial charge in [-0.1, -0.05) is 0 Å². The van der Waals surface area contributed by atoms with E-state index >= 15 is 0 Å². The summed E-state index contributed by atoms with van der Waals surface area (Å²) in [5, 5.41) is 24.6. The minimum atomic E-state index is -1.55. The number of hydrogen-bond acceptors (Lipinski definition) is 6. The van der Waals surface area contributed by atoms with E-state index in [-0.39, 0.29) is 18.6 Å². The molecule has 0 fully saturated rings. The summed E-state index contributed by atoms with van der Waals surface area (Å²) >= 11 is 0. The number of nitrogens with two attached hydrogens (primary N) is 1. The van der Waals surface area contributed by atoms with Crippen molar-refractivity contribution in [2.75, 3.05) is 6.61 Å². The molecule has 0 aromatic carbocycles. The number of aliphatic hydroxyl groups is 2. The van der Waals surface area contributed by atoms with Crippen molar-refractivity contribution in [3.8, 4) is 0 Å². The maximum absolute atomic E-state index is 12.0. The second-order valence-corrected chi connectivity index (χ2v) is 7.52. The second kappa shape index (κ2) is 8.75. The monoisotopic (exact) mass is 347 g/mol. The van der Waals surface area contributed by atoms with Gasteiger partial charge in [0, 0.05) is 12.1 Å². The summed E-state index contributed by atoms with van der Waals surface area (Å²) in [5.74, 6) is -1.01. The molecule has 0 bridgehead atoms. The summed E-state index contributed by atoms with van der Waals surface area (Å²) in [5.41, 5.74) is 3.46. The van der Waals surface area contributed by atoms with Crippen LogP contribution < -0.4 is 16.4 Å². The average molecular weight is 347 g/mol. The van der Waals surface area contributed by atoms with E-state index < -0.39 is 35.3 Å². The number of rotatable bonds is 9. The number of ether oxygens (including phenoxy) is 1. The molecule has 3 unspecified atom stereocenters. The third-order valence-electron chi connectivity index (χ3n) is 3.47. The van der Waals surface area contributed by atoms with Gasteiger partial charge in [-0.15, -0.1) is 0 Å². The molecule has 0 aliphatic rings. The Morgan fingerprint density at radius 1 is 1.08 bits per heavy atom. The van der Waals surface area contributed by atoms with Crippen LogP contribution in [0, 0.1) is 0 Å². The van der Waals surface area contributed by atoms with Gasteiger partial charge < -0.3 is 31.3 Å². The highest BCUT2D eigenvalue weighted by Crippen LogP contribution is 2.15. The predicted octanol–water partition coefficient (Wildman–Crippen LogP) is -0.730. The van der Waals surface area contributed by atoms with E-state index in [2.05, 4.69) is 10.6 Å². The Morgan fingerprint density at radius 2 is 1.58 bits per heavy atom. The molecule has 0 heterocycles. The molecule has 0 aromatic heterocycles. The van der Waals surface area contributed by atoms with Gasteiger partial charge in [0.25, 0.3) is 5.91 Å². The van der Waals surface area contributed by atoms with Crippen LogP contribution in [-0.4, -0.2) is 64.1 Å². The van der Waals surface area contributed by atoms with E-state index in [0.29, 0.717) is 0 Å². The van der Waals surface area contributed by atoms with Crippen LogP contribution in [0.25, 0.3) is 0 Å². The maximum Gasteiger partial charge on any atom is 0.252 e. The van der Waals surface area contributed by atoms with Gasteiger partial charge in [0.15, 0.2) is 6.10 Å².